The van der Waals surface area contributed by atoms with Crippen LogP contribution >= 0.6 is 11.3 Å². The van der Waals surface area contributed by atoms with Gasteiger partial charge in [0.25, 0.3) is 0 Å². The lowest BCUT2D eigenvalue weighted by molar-refractivity contribution is 0.676. The first kappa shape index (κ1) is 8.26. The Bertz CT molecular complexity index is 419. The first-order valence-electron chi connectivity index (χ1n) is 5.05. The lowest BCUT2D eigenvalue weighted by Gasteiger charge is -2.05. The van der Waals surface area contributed by atoms with E-state index in [0.717, 1.165) is 16.8 Å². The summed E-state index contributed by atoms with van der Waals surface area (Å²) in [7, 11) is 0. The number of rotatable bonds is 0. The van der Waals surface area contributed by atoms with Gasteiger partial charge < -0.3 is 0 Å². The number of allylic oxidation sites excluding steroid dienone is 2. The number of hydrogen-bond acceptors (Lipinski definition) is 2. The van der Waals surface area contributed by atoms with Gasteiger partial charge in [-0.25, -0.2) is 4.98 Å². The maximum absolute atomic E-state index is 4.16. The summed E-state index contributed by atoms with van der Waals surface area (Å²) in [5.41, 5.74) is 1.37. The predicted octanol–water partition coefficient (Wildman–Crippen LogP) is 2.85. The molecule has 2 aliphatic rings. The molecule has 2 atom stereocenters. The van der Waals surface area contributed by atoms with Crippen LogP contribution in [0.4, 0.5) is 0 Å². The van der Waals surface area contributed by atoms with Crippen LogP contribution in [0.15, 0.2) is 23.2 Å². The van der Waals surface area contributed by atoms with Crippen molar-refractivity contribution in [3.8, 4) is 11.8 Å². The van der Waals surface area contributed by atoms with E-state index in [2.05, 4.69) is 22.9 Å². The quantitative estimate of drug-likeness (QED) is 0.588. The van der Waals surface area contributed by atoms with Gasteiger partial charge in [-0.1, -0.05) is 12.0 Å². The van der Waals surface area contributed by atoms with E-state index >= 15 is 0 Å². The number of fused-ring (bicyclic) bond motifs is 2. The van der Waals surface area contributed by atoms with Crippen LogP contribution in [0.25, 0.3) is 0 Å². The Hall–Kier alpha value is -1.07. The molecule has 2 heteroatoms. The number of hydrogen-bond donors (Lipinski definition) is 0. The molecule has 1 heterocycles. The summed E-state index contributed by atoms with van der Waals surface area (Å²) in [6, 6.07) is 0. The Morgan fingerprint density at radius 1 is 1.36 bits per heavy atom. The van der Waals surface area contributed by atoms with Crippen LogP contribution in [0.2, 0.25) is 0 Å². The smallest absolute Gasteiger partial charge is 0.167 e. The second-order valence-corrected chi connectivity index (χ2v) is 4.87. The third-order valence-electron chi connectivity index (χ3n) is 3.07. The van der Waals surface area contributed by atoms with Gasteiger partial charge in [-0.2, -0.15) is 0 Å². The fraction of sp³-hybridized carbons (Fsp3) is 0.417. The van der Waals surface area contributed by atoms with Crippen molar-refractivity contribution in [3.63, 3.8) is 0 Å². The molecule has 1 saturated carbocycles. The summed E-state index contributed by atoms with van der Waals surface area (Å²) in [5.74, 6) is 8.02. The molecule has 0 aliphatic heterocycles. The molecule has 1 aromatic rings. The molecule has 0 saturated heterocycles. The Balaban J connectivity index is 1.82. The zero-order chi connectivity index (χ0) is 9.38. The van der Waals surface area contributed by atoms with E-state index in [1.54, 1.807) is 11.3 Å². The standard InChI is InChI=1S/C12H11NS/c1-2-10-7-9(1)8-11(10)3-4-12-13-5-6-14-12/h5-6,8-10H,1-2,7H2. The molecule has 0 amide bonds. The predicted molar refractivity (Wildman–Crippen MR) is 57.9 cm³/mol. The second kappa shape index (κ2) is 3.25. The highest BCUT2D eigenvalue weighted by Gasteiger charge is 2.31. The molecule has 0 aromatic carbocycles. The molecular formula is C12H11NS. The highest BCUT2D eigenvalue weighted by molar-refractivity contribution is 7.10. The molecule has 14 heavy (non-hydrogen) atoms. The molecule has 3 rings (SSSR count). The van der Waals surface area contributed by atoms with Crippen molar-refractivity contribution in [2.24, 2.45) is 11.8 Å². The molecule has 1 fully saturated rings. The zero-order valence-electron chi connectivity index (χ0n) is 7.86. The van der Waals surface area contributed by atoms with Crippen LogP contribution in [0, 0.1) is 23.7 Å². The van der Waals surface area contributed by atoms with Crippen molar-refractivity contribution in [2.45, 2.75) is 19.3 Å². The maximum atomic E-state index is 4.16. The molecule has 2 unspecified atom stereocenters. The molecule has 1 aromatic heterocycles. The molecule has 0 N–H and O–H groups in total. The topological polar surface area (TPSA) is 12.9 Å². The van der Waals surface area contributed by atoms with E-state index in [-0.39, 0.29) is 0 Å². The summed E-state index contributed by atoms with van der Waals surface area (Å²) in [4.78, 5) is 4.16. The van der Waals surface area contributed by atoms with Gasteiger partial charge >= 0.3 is 0 Å². The summed E-state index contributed by atoms with van der Waals surface area (Å²) in [6.45, 7) is 0. The van der Waals surface area contributed by atoms with E-state index in [1.165, 1.54) is 24.8 Å². The Labute approximate surface area is 87.9 Å². The van der Waals surface area contributed by atoms with Gasteiger partial charge in [-0.15, -0.1) is 11.3 Å². The van der Waals surface area contributed by atoms with E-state index in [0.29, 0.717) is 0 Å². The molecule has 2 bridgehead atoms. The SMILES string of the molecule is C(#Cc1nccs1)C1=CC2CCC1C2. The lowest BCUT2D eigenvalue weighted by atomic mass is 9.99. The summed E-state index contributed by atoms with van der Waals surface area (Å²) >= 11 is 1.61. The normalized spacial score (nSPS) is 28.4. The van der Waals surface area contributed by atoms with Gasteiger partial charge in [0, 0.05) is 17.2 Å². The van der Waals surface area contributed by atoms with Crippen LogP contribution in [0.5, 0.6) is 0 Å². The van der Waals surface area contributed by atoms with Crippen molar-refractivity contribution in [2.75, 3.05) is 0 Å². The average molecular weight is 201 g/mol. The Kier molecular flexibility index (Phi) is 1.92. The number of aromatic nitrogens is 1. The van der Waals surface area contributed by atoms with Crippen molar-refractivity contribution in [1.82, 2.24) is 4.98 Å². The molecule has 1 nitrogen and oxygen atoms in total. The van der Waals surface area contributed by atoms with Crippen molar-refractivity contribution in [1.29, 1.82) is 0 Å². The largest absolute Gasteiger partial charge is 0.236 e. The Morgan fingerprint density at radius 2 is 2.36 bits per heavy atom. The second-order valence-electron chi connectivity index (χ2n) is 3.98. The minimum atomic E-state index is 0.771. The number of thiazole rings is 1. The minimum absolute atomic E-state index is 0.771. The van der Waals surface area contributed by atoms with E-state index in [9.17, 15) is 0 Å². The van der Waals surface area contributed by atoms with E-state index in [4.69, 9.17) is 0 Å². The van der Waals surface area contributed by atoms with Gasteiger partial charge in [-0.05, 0) is 37.0 Å². The molecular weight excluding hydrogens is 190 g/mol. The molecule has 0 radical (unpaired) electrons. The van der Waals surface area contributed by atoms with Crippen molar-refractivity contribution >= 4 is 11.3 Å². The Morgan fingerprint density at radius 3 is 3.00 bits per heavy atom. The fourth-order valence-corrected chi connectivity index (χ4v) is 2.88. The zero-order valence-corrected chi connectivity index (χ0v) is 8.68. The van der Waals surface area contributed by atoms with Crippen LogP contribution in [-0.4, -0.2) is 4.98 Å². The minimum Gasteiger partial charge on any atom is -0.236 e. The van der Waals surface area contributed by atoms with Gasteiger partial charge in [0.15, 0.2) is 5.01 Å². The molecule has 70 valence electrons. The van der Waals surface area contributed by atoms with E-state index in [1.807, 2.05) is 11.6 Å². The highest BCUT2D eigenvalue weighted by Crippen LogP contribution is 2.43. The van der Waals surface area contributed by atoms with E-state index < -0.39 is 0 Å². The molecule has 2 aliphatic carbocycles. The van der Waals surface area contributed by atoms with Gasteiger partial charge in [0.1, 0.15) is 0 Å². The van der Waals surface area contributed by atoms with Crippen LogP contribution in [0.1, 0.15) is 24.3 Å². The van der Waals surface area contributed by atoms with Crippen molar-refractivity contribution in [3.05, 3.63) is 28.2 Å². The summed E-state index contributed by atoms with van der Waals surface area (Å²) in [5, 5.41) is 2.91. The van der Waals surface area contributed by atoms with Crippen LogP contribution in [-0.2, 0) is 0 Å². The summed E-state index contributed by atoms with van der Waals surface area (Å²) < 4.78 is 0. The van der Waals surface area contributed by atoms with Crippen LogP contribution in [0.3, 0.4) is 0 Å². The van der Waals surface area contributed by atoms with Crippen LogP contribution < -0.4 is 0 Å². The third kappa shape index (κ3) is 1.38. The third-order valence-corrected chi connectivity index (χ3v) is 3.76. The van der Waals surface area contributed by atoms with Gasteiger partial charge in [-0.3, -0.25) is 0 Å². The average Bonchev–Trinajstić information content (AvgIpc) is 2.91. The summed E-state index contributed by atoms with van der Waals surface area (Å²) in [6.07, 6.45) is 8.26. The lowest BCUT2D eigenvalue weighted by Crippen LogP contribution is -1.94. The molecule has 0 spiro atoms. The maximum Gasteiger partial charge on any atom is 0.167 e. The van der Waals surface area contributed by atoms with Crippen molar-refractivity contribution < 1.29 is 0 Å². The highest BCUT2D eigenvalue weighted by atomic mass is 32.1. The fourth-order valence-electron chi connectivity index (χ4n) is 2.39. The number of nitrogens with zero attached hydrogens (tertiary/aromatic N) is 1. The van der Waals surface area contributed by atoms with Gasteiger partial charge in [0.2, 0.25) is 0 Å². The monoisotopic (exact) mass is 201 g/mol. The first-order valence-corrected chi connectivity index (χ1v) is 5.93. The van der Waals surface area contributed by atoms with Gasteiger partial charge in [0.05, 0.1) is 0 Å². The first-order chi connectivity index (χ1) is 6.92.